The van der Waals surface area contributed by atoms with Crippen molar-refractivity contribution in [2.75, 3.05) is 26.1 Å². The van der Waals surface area contributed by atoms with Gasteiger partial charge in [0.05, 0.1) is 40.0 Å². The molecule has 154 valence electrons. The van der Waals surface area contributed by atoms with Gasteiger partial charge in [-0.1, -0.05) is 46.4 Å². The molecule has 1 amide bonds. The molecule has 0 aromatic heterocycles. The number of rotatable bonds is 7. The Kier molecular flexibility index (Phi) is 8.46. The Morgan fingerprint density at radius 1 is 0.931 bits per heavy atom. The SMILES string of the molecule is COc1cc(/C=C/C(=O)OCC(=O)Nc2cc(Cl)c(Cl)cc2Cl)cc(Cl)c1OC. The van der Waals surface area contributed by atoms with Gasteiger partial charge in [0.15, 0.2) is 18.1 Å². The van der Waals surface area contributed by atoms with Crippen LogP contribution < -0.4 is 14.8 Å². The molecular formula is C19H15Cl4NO5. The second-order valence-electron chi connectivity index (χ2n) is 5.47. The second-order valence-corrected chi connectivity index (χ2v) is 7.10. The van der Waals surface area contributed by atoms with Crippen LogP contribution in [-0.2, 0) is 14.3 Å². The van der Waals surface area contributed by atoms with E-state index in [1.165, 1.54) is 32.4 Å². The predicted octanol–water partition coefficient (Wildman–Crippen LogP) is 5.51. The highest BCUT2D eigenvalue weighted by atomic mass is 35.5. The van der Waals surface area contributed by atoms with E-state index in [1.54, 1.807) is 12.1 Å². The molecule has 0 fully saturated rings. The topological polar surface area (TPSA) is 73.9 Å². The lowest BCUT2D eigenvalue weighted by Crippen LogP contribution is -2.20. The predicted molar refractivity (Wildman–Crippen MR) is 115 cm³/mol. The number of benzene rings is 2. The van der Waals surface area contributed by atoms with Crippen molar-refractivity contribution in [2.24, 2.45) is 0 Å². The van der Waals surface area contributed by atoms with Crippen molar-refractivity contribution in [2.45, 2.75) is 0 Å². The number of nitrogens with one attached hydrogen (secondary N) is 1. The summed E-state index contributed by atoms with van der Waals surface area (Å²) in [5.41, 5.74) is 0.828. The van der Waals surface area contributed by atoms with E-state index in [1.807, 2.05) is 0 Å². The van der Waals surface area contributed by atoms with Gasteiger partial charge in [0.25, 0.3) is 5.91 Å². The maximum Gasteiger partial charge on any atom is 0.331 e. The number of anilines is 1. The number of esters is 1. The molecule has 0 radical (unpaired) electrons. The van der Waals surface area contributed by atoms with Crippen molar-refractivity contribution in [1.29, 1.82) is 0 Å². The molecule has 0 bridgehead atoms. The lowest BCUT2D eigenvalue weighted by molar-refractivity contribution is -0.142. The third-order valence-electron chi connectivity index (χ3n) is 3.50. The van der Waals surface area contributed by atoms with E-state index in [0.29, 0.717) is 22.1 Å². The number of hydrogen-bond donors (Lipinski definition) is 1. The van der Waals surface area contributed by atoms with Crippen molar-refractivity contribution in [1.82, 2.24) is 0 Å². The van der Waals surface area contributed by atoms with Crippen molar-refractivity contribution < 1.29 is 23.8 Å². The molecule has 0 heterocycles. The fourth-order valence-electron chi connectivity index (χ4n) is 2.19. The summed E-state index contributed by atoms with van der Waals surface area (Å²) in [6.45, 7) is -0.521. The Labute approximate surface area is 187 Å². The van der Waals surface area contributed by atoms with Crippen LogP contribution in [0, 0.1) is 0 Å². The molecule has 29 heavy (non-hydrogen) atoms. The van der Waals surface area contributed by atoms with Gasteiger partial charge in [0.1, 0.15) is 0 Å². The molecule has 2 rings (SSSR count). The van der Waals surface area contributed by atoms with Gasteiger partial charge in [-0.15, -0.1) is 0 Å². The Bertz CT molecular complexity index is 962. The van der Waals surface area contributed by atoms with Crippen LogP contribution in [-0.4, -0.2) is 32.7 Å². The summed E-state index contributed by atoms with van der Waals surface area (Å²) < 4.78 is 15.2. The lowest BCUT2D eigenvalue weighted by atomic mass is 10.2. The van der Waals surface area contributed by atoms with E-state index >= 15 is 0 Å². The number of methoxy groups -OCH3 is 2. The minimum absolute atomic E-state index is 0.198. The van der Waals surface area contributed by atoms with Gasteiger partial charge in [-0.2, -0.15) is 0 Å². The quantitative estimate of drug-likeness (QED) is 0.322. The first-order valence-electron chi connectivity index (χ1n) is 7.96. The third kappa shape index (κ3) is 6.44. The van der Waals surface area contributed by atoms with E-state index in [9.17, 15) is 9.59 Å². The van der Waals surface area contributed by atoms with Gasteiger partial charge in [-0.05, 0) is 35.9 Å². The molecule has 0 saturated carbocycles. The average Bonchev–Trinajstić information content (AvgIpc) is 2.68. The first kappa shape index (κ1) is 23.2. The summed E-state index contributed by atoms with van der Waals surface area (Å²) in [6, 6.07) is 6.01. The number of hydrogen-bond acceptors (Lipinski definition) is 5. The molecule has 0 atom stereocenters. The standard InChI is InChI=1S/C19H15Cl4NO5/c1-27-16-6-10(5-14(23)19(16)28-2)3-4-18(26)29-9-17(25)24-15-8-12(21)11(20)7-13(15)22/h3-8H,9H2,1-2H3,(H,24,25)/b4-3+. The van der Waals surface area contributed by atoms with Crippen molar-refractivity contribution in [3.63, 3.8) is 0 Å². The summed E-state index contributed by atoms with van der Waals surface area (Å²) in [5.74, 6) is -0.537. The van der Waals surface area contributed by atoms with Gasteiger partial charge < -0.3 is 19.5 Å². The Balaban J connectivity index is 1.95. The van der Waals surface area contributed by atoms with Crippen LogP contribution >= 0.6 is 46.4 Å². The summed E-state index contributed by atoms with van der Waals surface area (Å²) in [7, 11) is 2.93. The first-order valence-corrected chi connectivity index (χ1v) is 9.47. The maximum atomic E-state index is 11.9. The number of carbonyl (C=O) groups is 2. The fraction of sp³-hybridized carbons (Fsp3) is 0.158. The number of halogens is 4. The van der Waals surface area contributed by atoms with E-state index in [2.05, 4.69) is 5.32 Å². The molecule has 10 heteroatoms. The smallest absolute Gasteiger partial charge is 0.331 e. The molecule has 0 aliphatic carbocycles. The van der Waals surface area contributed by atoms with E-state index in [0.717, 1.165) is 6.08 Å². The third-order valence-corrected chi connectivity index (χ3v) is 4.81. The zero-order valence-electron chi connectivity index (χ0n) is 15.2. The van der Waals surface area contributed by atoms with Crippen LogP contribution in [0.4, 0.5) is 5.69 Å². The minimum atomic E-state index is -0.730. The Hall–Kier alpha value is -2.12. The largest absolute Gasteiger partial charge is 0.493 e. The molecule has 0 unspecified atom stereocenters. The highest BCUT2D eigenvalue weighted by Gasteiger charge is 2.12. The summed E-state index contributed by atoms with van der Waals surface area (Å²) in [6.07, 6.45) is 2.61. The summed E-state index contributed by atoms with van der Waals surface area (Å²) in [5, 5.41) is 3.47. The molecule has 0 aliphatic rings. The van der Waals surface area contributed by atoms with Crippen LogP contribution in [0.5, 0.6) is 11.5 Å². The Morgan fingerprint density at radius 3 is 2.28 bits per heavy atom. The van der Waals surface area contributed by atoms with Crippen LogP contribution in [0.3, 0.4) is 0 Å². The summed E-state index contributed by atoms with van der Waals surface area (Å²) >= 11 is 23.8. The molecule has 2 aromatic carbocycles. The van der Waals surface area contributed by atoms with Crippen molar-refractivity contribution >= 4 is 70.0 Å². The van der Waals surface area contributed by atoms with E-state index in [-0.39, 0.29) is 20.8 Å². The summed E-state index contributed by atoms with van der Waals surface area (Å²) in [4.78, 5) is 23.8. The highest BCUT2D eigenvalue weighted by Crippen LogP contribution is 2.36. The zero-order chi connectivity index (χ0) is 21.6. The Morgan fingerprint density at radius 2 is 1.62 bits per heavy atom. The number of carbonyl (C=O) groups excluding carboxylic acids is 2. The van der Waals surface area contributed by atoms with Crippen molar-refractivity contribution in [3.05, 3.63) is 56.0 Å². The monoisotopic (exact) mass is 477 g/mol. The van der Waals surface area contributed by atoms with Crippen LogP contribution in [0.2, 0.25) is 20.1 Å². The van der Waals surface area contributed by atoms with Gasteiger partial charge in [0, 0.05) is 6.08 Å². The van der Waals surface area contributed by atoms with Gasteiger partial charge >= 0.3 is 5.97 Å². The first-order chi connectivity index (χ1) is 13.7. The minimum Gasteiger partial charge on any atom is -0.493 e. The number of amides is 1. The van der Waals surface area contributed by atoms with Crippen molar-refractivity contribution in [3.8, 4) is 11.5 Å². The fourth-order valence-corrected chi connectivity index (χ4v) is 3.08. The molecule has 1 N–H and O–H groups in total. The molecule has 0 spiro atoms. The zero-order valence-corrected chi connectivity index (χ0v) is 18.2. The van der Waals surface area contributed by atoms with Crippen LogP contribution in [0.15, 0.2) is 30.3 Å². The molecule has 2 aromatic rings. The maximum absolute atomic E-state index is 11.9. The average molecular weight is 479 g/mol. The lowest BCUT2D eigenvalue weighted by Gasteiger charge is -2.10. The highest BCUT2D eigenvalue weighted by molar-refractivity contribution is 6.44. The van der Waals surface area contributed by atoms with E-state index in [4.69, 9.17) is 60.6 Å². The molecular weight excluding hydrogens is 464 g/mol. The van der Waals surface area contributed by atoms with Gasteiger partial charge in [-0.3, -0.25) is 4.79 Å². The van der Waals surface area contributed by atoms with E-state index < -0.39 is 18.5 Å². The van der Waals surface area contributed by atoms with Gasteiger partial charge in [0.2, 0.25) is 0 Å². The second kappa shape index (κ2) is 10.6. The van der Waals surface area contributed by atoms with Gasteiger partial charge in [-0.25, -0.2) is 4.79 Å². The van der Waals surface area contributed by atoms with Crippen LogP contribution in [0.25, 0.3) is 6.08 Å². The molecule has 6 nitrogen and oxygen atoms in total. The molecule has 0 aliphatic heterocycles. The molecule has 0 saturated heterocycles. The number of ether oxygens (including phenoxy) is 3. The normalized spacial score (nSPS) is 10.7. The van der Waals surface area contributed by atoms with Crippen LogP contribution in [0.1, 0.15) is 5.56 Å².